The van der Waals surface area contributed by atoms with Crippen molar-refractivity contribution in [1.82, 2.24) is 10.2 Å². The van der Waals surface area contributed by atoms with E-state index in [1.807, 2.05) is 66.5 Å². The van der Waals surface area contributed by atoms with Gasteiger partial charge in [-0.1, -0.05) is 48.0 Å². The van der Waals surface area contributed by atoms with E-state index in [2.05, 4.69) is 17.5 Å². The number of carbonyl (C=O) groups is 1. The highest BCUT2D eigenvalue weighted by atomic mass is 35.5. The molecule has 1 N–H and O–H groups in total. The molecule has 5 nitrogen and oxygen atoms in total. The van der Waals surface area contributed by atoms with Gasteiger partial charge in [0.15, 0.2) is 0 Å². The predicted octanol–water partition coefficient (Wildman–Crippen LogP) is 7.27. The van der Waals surface area contributed by atoms with Crippen molar-refractivity contribution in [2.24, 2.45) is 0 Å². The molecule has 0 aliphatic heterocycles. The Hall–Kier alpha value is -3.37. The topological polar surface area (TPSA) is 65.4 Å². The maximum absolute atomic E-state index is 14.2. The average Bonchev–Trinajstić information content (AvgIpc) is 3.31. The van der Waals surface area contributed by atoms with Gasteiger partial charge in [0, 0.05) is 34.3 Å². The van der Waals surface area contributed by atoms with Crippen molar-refractivity contribution in [2.45, 2.75) is 44.3 Å². The van der Waals surface area contributed by atoms with E-state index in [4.69, 9.17) is 16.3 Å². The first kappa shape index (κ1) is 26.2. The lowest BCUT2D eigenvalue weighted by Gasteiger charge is -2.37. The Morgan fingerprint density at radius 3 is 2.55 bits per heavy atom. The number of methoxy groups -OCH3 is 1. The van der Waals surface area contributed by atoms with Gasteiger partial charge in [-0.3, -0.25) is 4.79 Å². The van der Waals surface area contributed by atoms with Crippen molar-refractivity contribution in [1.29, 1.82) is 5.26 Å². The van der Waals surface area contributed by atoms with Crippen molar-refractivity contribution in [3.8, 4) is 22.9 Å². The van der Waals surface area contributed by atoms with Gasteiger partial charge >= 0.3 is 0 Å². The highest BCUT2D eigenvalue weighted by Gasteiger charge is 2.32. The summed E-state index contributed by atoms with van der Waals surface area (Å²) in [6, 6.07) is 24.2. The lowest BCUT2D eigenvalue weighted by molar-refractivity contribution is 0.0604. The molecule has 0 saturated heterocycles. The number of nitrogens with one attached hydrogen (secondary N) is 1. The first-order valence-electron chi connectivity index (χ1n) is 12.8. The highest BCUT2D eigenvalue weighted by molar-refractivity contribution is 7.21. The molecule has 0 bridgehead atoms. The molecule has 1 aromatic heterocycles. The molecule has 0 spiro atoms. The Bertz CT molecular complexity index is 1500. The number of fused-ring (bicyclic) bond motifs is 1. The van der Waals surface area contributed by atoms with Crippen molar-refractivity contribution in [3.63, 3.8) is 0 Å². The van der Waals surface area contributed by atoms with Crippen LogP contribution in [0.25, 0.3) is 21.2 Å². The molecule has 0 atom stereocenters. The molecule has 1 amide bonds. The summed E-state index contributed by atoms with van der Waals surface area (Å²) >= 11 is 8.23. The van der Waals surface area contributed by atoms with Crippen LogP contribution in [-0.2, 0) is 6.54 Å². The predicted molar refractivity (Wildman–Crippen MR) is 155 cm³/mol. The fourth-order valence-electron chi connectivity index (χ4n) is 5.36. The summed E-state index contributed by atoms with van der Waals surface area (Å²) in [5.74, 6) is 0.692. The third-order valence-electron chi connectivity index (χ3n) is 7.48. The van der Waals surface area contributed by atoms with Gasteiger partial charge in [0.1, 0.15) is 10.6 Å². The van der Waals surface area contributed by atoms with E-state index in [0.29, 0.717) is 28.0 Å². The van der Waals surface area contributed by atoms with Crippen molar-refractivity contribution >= 4 is 38.9 Å². The van der Waals surface area contributed by atoms with Crippen LogP contribution < -0.4 is 10.1 Å². The second kappa shape index (κ2) is 11.6. The van der Waals surface area contributed by atoms with Crippen LogP contribution in [0.15, 0.2) is 66.7 Å². The average molecular weight is 544 g/mol. The van der Waals surface area contributed by atoms with E-state index in [-0.39, 0.29) is 11.9 Å². The first-order chi connectivity index (χ1) is 18.5. The van der Waals surface area contributed by atoms with E-state index < -0.39 is 0 Å². The number of nitriles is 1. The molecule has 4 aromatic rings. The van der Waals surface area contributed by atoms with Gasteiger partial charge < -0.3 is 15.0 Å². The maximum atomic E-state index is 14.2. The zero-order valence-corrected chi connectivity index (χ0v) is 23.1. The Kier molecular flexibility index (Phi) is 7.99. The van der Waals surface area contributed by atoms with Gasteiger partial charge in [-0.2, -0.15) is 5.26 Å². The highest BCUT2D eigenvalue weighted by Crippen LogP contribution is 2.38. The van der Waals surface area contributed by atoms with Crippen molar-refractivity contribution in [3.05, 3.63) is 87.8 Å². The van der Waals surface area contributed by atoms with Gasteiger partial charge in [-0.05, 0) is 74.2 Å². The summed E-state index contributed by atoms with van der Waals surface area (Å²) in [7, 11) is 3.66. The standard InChI is InChI=1S/C31H30ClN3O2S/c1-34-24-11-13-25(14-12-24)35(31(36)30-29(32)26-8-3-4-9-28(26)38-30)19-23-17-22(10-15-27(23)37-2)21-7-5-6-20(16-21)18-33/h3-10,15-17,24-25,34H,11-14,19H2,1-2H3/t24-,25+. The number of rotatable bonds is 7. The molecule has 1 aliphatic rings. The molecule has 1 fully saturated rings. The summed E-state index contributed by atoms with van der Waals surface area (Å²) in [6.07, 6.45) is 3.88. The monoisotopic (exact) mass is 543 g/mol. The molecule has 1 saturated carbocycles. The quantitative estimate of drug-likeness (QED) is 0.266. The van der Waals surface area contributed by atoms with Crippen molar-refractivity contribution in [2.75, 3.05) is 14.2 Å². The fourth-order valence-corrected chi connectivity index (χ4v) is 6.83. The fraction of sp³-hybridized carbons (Fsp3) is 0.290. The molecule has 7 heteroatoms. The summed E-state index contributed by atoms with van der Waals surface area (Å²) in [5, 5.41) is 14.2. The van der Waals surface area contributed by atoms with Gasteiger partial charge in [0.05, 0.1) is 23.8 Å². The van der Waals surface area contributed by atoms with E-state index >= 15 is 0 Å². The van der Waals surface area contributed by atoms with Gasteiger partial charge in [-0.25, -0.2) is 0 Å². The minimum atomic E-state index is -0.0389. The number of benzene rings is 3. The Labute approximate surface area is 232 Å². The van der Waals surface area contributed by atoms with E-state index in [1.54, 1.807) is 13.2 Å². The van der Waals surface area contributed by atoms with Gasteiger partial charge in [-0.15, -0.1) is 11.3 Å². The number of amides is 1. The Morgan fingerprint density at radius 1 is 1.08 bits per heavy atom. The first-order valence-corrected chi connectivity index (χ1v) is 14.0. The van der Waals surface area contributed by atoms with Crippen molar-refractivity contribution < 1.29 is 9.53 Å². The molecule has 0 unspecified atom stereocenters. The molecule has 194 valence electrons. The van der Waals surface area contributed by atoms with Crippen LogP contribution in [0.2, 0.25) is 5.02 Å². The van der Waals surface area contributed by atoms with Crippen LogP contribution in [0.5, 0.6) is 5.75 Å². The van der Waals surface area contributed by atoms with Crippen LogP contribution in [0.4, 0.5) is 0 Å². The van der Waals surface area contributed by atoms with E-state index in [1.165, 1.54) is 11.3 Å². The molecular weight excluding hydrogens is 514 g/mol. The summed E-state index contributed by atoms with van der Waals surface area (Å²) in [5.41, 5.74) is 3.46. The minimum Gasteiger partial charge on any atom is -0.496 e. The molecule has 5 rings (SSSR count). The number of thiophene rings is 1. The SMILES string of the molecule is CN[C@H]1CC[C@@H](N(Cc2cc(-c3cccc(C#N)c3)ccc2OC)C(=O)c2sc3ccccc3c2Cl)CC1. The molecule has 1 heterocycles. The molecule has 3 aromatic carbocycles. The maximum Gasteiger partial charge on any atom is 0.266 e. The number of carbonyl (C=O) groups excluding carboxylic acids is 1. The van der Waals surface area contributed by atoms with E-state index in [0.717, 1.165) is 58.2 Å². The summed E-state index contributed by atoms with van der Waals surface area (Å²) in [4.78, 5) is 16.8. The van der Waals surface area contributed by atoms with Gasteiger partial charge in [0.25, 0.3) is 5.91 Å². The number of nitrogens with zero attached hydrogens (tertiary/aromatic N) is 2. The Morgan fingerprint density at radius 2 is 1.84 bits per heavy atom. The van der Waals surface area contributed by atoms with Crippen LogP contribution in [0.1, 0.15) is 46.5 Å². The van der Waals surface area contributed by atoms with Crippen LogP contribution in [-0.4, -0.2) is 37.0 Å². The number of ether oxygens (including phenoxy) is 1. The normalized spacial score (nSPS) is 17.2. The summed E-state index contributed by atoms with van der Waals surface area (Å²) in [6.45, 7) is 0.410. The second-order valence-corrected chi connectivity index (χ2v) is 11.1. The second-order valence-electron chi connectivity index (χ2n) is 9.69. The molecule has 38 heavy (non-hydrogen) atoms. The Balaban J connectivity index is 1.53. The van der Waals surface area contributed by atoms with Gasteiger partial charge in [0.2, 0.25) is 0 Å². The number of hydrogen-bond donors (Lipinski definition) is 1. The number of hydrogen-bond acceptors (Lipinski definition) is 5. The van der Waals surface area contributed by atoms with Crippen LogP contribution in [0.3, 0.4) is 0 Å². The lowest BCUT2D eigenvalue weighted by atomic mass is 9.89. The molecule has 0 radical (unpaired) electrons. The minimum absolute atomic E-state index is 0.0389. The number of halogens is 1. The van der Waals surface area contributed by atoms with E-state index in [9.17, 15) is 10.1 Å². The third kappa shape index (κ3) is 5.28. The summed E-state index contributed by atoms with van der Waals surface area (Å²) < 4.78 is 6.75. The molecular formula is C31H30ClN3O2S. The lowest BCUT2D eigenvalue weighted by Crippen LogP contribution is -2.44. The zero-order valence-electron chi connectivity index (χ0n) is 21.5. The largest absolute Gasteiger partial charge is 0.496 e. The zero-order chi connectivity index (χ0) is 26.6. The van der Waals surface area contributed by atoms with Crippen LogP contribution >= 0.6 is 22.9 Å². The van der Waals surface area contributed by atoms with Crippen LogP contribution in [0, 0.1) is 11.3 Å². The smallest absolute Gasteiger partial charge is 0.266 e. The molecule has 1 aliphatic carbocycles. The third-order valence-corrected chi connectivity index (χ3v) is 9.15.